The molecule has 16 heteroatoms. The standard InChI is InChI=1S/C24H36N10O5S/c25-15(8-13-9-30-16-5-2-1-4-14(13)16)22(38)31-10-19(35)33-17(6-3-7-29-24(27)28)23(39)32-11-20(36)34-18(12-40)21(26)37/h1-2,4-5,9,15,17-18,30,40H,3,6-8,10-12,25H2,(H2,26,37)(H,31,38)(H,32,39)(H,33,35)(H,34,36)(H4,27,28,29)/t15-,17-,18-/m0/s1. The van der Waals surface area contributed by atoms with E-state index >= 15 is 0 Å². The Bertz CT molecular complexity index is 1230. The van der Waals surface area contributed by atoms with E-state index in [1.165, 1.54) is 0 Å². The number of aromatic amines is 1. The monoisotopic (exact) mass is 576 g/mol. The third kappa shape index (κ3) is 10.5. The first kappa shape index (κ1) is 31.9. The molecule has 1 heterocycles. The summed E-state index contributed by atoms with van der Waals surface area (Å²) in [5, 5.41) is 10.7. The largest absolute Gasteiger partial charge is 0.370 e. The summed E-state index contributed by atoms with van der Waals surface area (Å²) in [5.41, 5.74) is 23.6. The number of nitrogens with two attached hydrogens (primary N) is 4. The van der Waals surface area contributed by atoms with Gasteiger partial charge in [0, 0.05) is 29.4 Å². The second kappa shape index (κ2) is 15.9. The van der Waals surface area contributed by atoms with Crippen molar-refractivity contribution in [1.29, 1.82) is 0 Å². The Balaban J connectivity index is 1.90. The zero-order chi connectivity index (χ0) is 29.7. The highest BCUT2D eigenvalue weighted by Crippen LogP contribution is 2.18. The highest BCUT2D eigenvalue weighted by atomic mass is 32.1. The van der Waals surface area contributed by atoms with E-state index in [0.717, 1.165) is 16.5 Å². The summed E-state index contributed by atoms with van der Waals surface area (Å²) >= 11 is 3.94. The molecule has 2 rings (SSSR count). The Labute approximate surface area is 236 Å². The molecule has 0 bridgehead atoms. The molecule has 0 spiro atoms. The maximum Gasteiger partial charge on any atom is 0.243 e. The number of carbonyl (C=O) groups excluding carboxylic acids is 5. The van der Waals surface area contributed by atoms with Crippen LogP contribution in [0.4, 0.5) is 0 Å². The molecule has 0 aliphatic heterocycles. The molecule has 0 aliphatic carbocycles. The van der Waals surface area contributed by atoms with Crippen molar-refractivity contribution in [2.24, 2.45) is 27.9 Å². The van der Waals surface area contributed by atoms with Crippen LogP contribution in [0.5, 0.6) is 0 Å². The number of aliphatic imine (C=N–C) groups is 1. The van der Waals surface area contributed by atoms with E-state index in [9.17, 15) is 24.0 Å². The van der Waals surface area contributed by atoms with E-state index in [1.54, 1.807) is 6.20 Å². The van der Waals surface area contributed by atoms with E-state index in [1.807, 2.05) is 24.3 Å². The van der Waals surface area contributed by atoms with Crippen molar-refractivity contribution in [2.75, 3.05) is 25.4 Å². The fourth-order valence-electron chi connectivity index (χ4n) is 3.69. The summed E-state index contributed by atoms with van der Waals surface area (Å²) < 4.78 is 0. The van der Waals surface area contributed by atoms with Gasteiger partial charge in [-0.25, -0.2) is 0 Å². The summed E-state index contributed by atoms with van der Waals surface area (Å²) in [6.45, 7) is -0.707. The van der Waals surface area contributed by atoms with Gasteiger partial charge in [-0.3, -0.25) is 29.0 Å². The summed E-state index contributed by atoms with van der Waals surface area (Å²) in [4.78, 5) is 68.1. The average Bonchev–Trinajstić information content (AvgIpc) is 3.32. The molecule has 13 N–H and O–H groups in total. The molecule has 3 atom stereocenters. The second-order valence-electron chi connectivity index (χ2n) is 8.88. The predicted molar refractivity (Wildman–Crippen MR) is 153 cm³/mol. The molecular formula is C24H36N10O5S. The van der Waals surface area contributed by atoms with Crippen molar-refractivity contribution in [3.8, 4) is 0 Å². The minimum Gasteiger partial charge on any atom is -0.370 e. The highest BCUT2D eigenvalue weighted by Gasteiger charge is 2.23. The van der Waals surface area contributed by atoms with Gasteiger partial charge in [0.1, 0.15) is 12.1 Å². The third-order valence-electron chi connectivity index (χ3n) is 5.76. The van der Waals surface area contributed by atoms with Gasteiger partial charge in [-0.2, -0.15) is 12.6 Å². The van der Waals surface area contributed by atoms with Gasteiger partial charge >= 0.3 is 0 Å². The van der Waals surface area contributed by atoms with Crippen LogP contribution in [-0.2, 0) is 30.4 Å². The molecule has 0 fully saturated rings. The molecule has 218 valence electrons. The number of primary amides is 1. The van der Waals surface area contributed by atoms with Gasteiger partial charge in [0.15, 0.2) is 5.96 Å². The lowest BCUT2D eigenvalue weighted by atomic mass is 10.1. The van der Waals surface area contributed by atoms with Gasteiger partial charge in [-0.15, -0.1) is 0 Å². The van der Waals surface area contributed by atoms with Crippen molar-refractivity contribution < 1.29 is 24.0 Å². The number of thiol groups is 1. The number of aromatic nitrogens is 1. The maximum atomic E-state index is 12.7. The van der Waals surface area contributed by atoms with Crippen LogP contribution < -0.4 is 44.2 Å². The number of guanidine groups is 1. The van der Waals surface area contributed by atoms with Crippen LogP contribution in [0.2, 0.25) is 0 Å². The third-order valence-corrected chi connectivity index (χ3v) is 6.12. The van der Waals surface area contributed by atoms with Crippen molar-refractivity contribution >= 4 is 59.0 Å². The Kier molecular flexibility index (Phi) is 12.7. The minimum absolute atomic E-state index is 0.0182. The van der Waals surface area contributed by atoms with Crippen molar-refractivity contribution in [2.45, 2.75) is 37.4 Å². The number of benzene rings is 1. The number of fused-ring (bicyclic) bond motifs is 1. The molecule has 1 aromatic heterocycles. The lowest BCUT2D eigenvalue weighted by Crippen LogP contribution is -2.53. The summed E-state index contributed by atoms with van der Waals surface area (Å²) in [5.74, 6) is -3.45. The van der Waals surface area contributed by atoms with E-state index < -0.39 is 60.8 Å². The molecule has 0 radical (unpaired) electrons. The molecule has 0 aliphatic rings. The van der Waals surface area contributed by atoms with Crippen LogP contribution in [0.3, 0.4) is 0 Å². The second-order valence-corrected chi connectivity index (χ2v) is 9.24. The van der Waals surface area contributed by atoms with Crippen molar-refractivity contribution in [1.82, 2.24) is 26.3 Å². The molecule has 1 aromatic carbocycles. The Hall–Kier alpha value is -4.31. The zero-order valence-corrected chi connectivity index (χ0v) is 22.7. The lowest BCUT2D eigenvalue weighted by Gasteiger charge is -2.19. The van der Waals surface area contributed by atoms with Gasteiger partial charge in [0.25, 0.3) is 0 Å². The first-order chi connectivity index (χ1) is 19.0. The maximum absolute atomic E-state index is 12.7. The SMILES string of the molecule is NC(=O)[C@H](CS)NC(=O)CNC(=O)[C@H](CCCN=C(N)N)NC(=O)CNC(=O)[C@@H](N)Cc1c[nH]c2ccccc12. The van der Waals surface area contributed by atoms with Crippen molar-refractivity contribution in [3.63, 3.8) is 0 Å². The fourth-order valence-corrected chi connectivity index (χ4v) is 3.96. The number of H-pyrrole nitrogens is 1. The predicted octanol–water partition coefficient (Wildman–Crippen LogP) is -3.29. The minimum atomic E-state index is -1.07. The fraction of sp³-hybridized carbons (Fsp3) is 0.417. The summed E-state index contributed by atoms with van der Waals surface area (Å²) in [6, 6.07) is 4.61. The Morgan fingerprint density at radius 3 is 2.17 bits per heavy atom. The molecule has 0 saturated carbocycles. The van der Waals surface area contributed by atoms with Crippen LogP contribution in [0, 0.1) is 0 Å². The van der Waals surface area contributed by atoms with Crippen LogP contribution in [0.25, 0.3) is 10.9 Å². The van der Waals surface area contributed by atoms with Gasteiger partial charge in [-0.1, -0.05) is 18.2 Å². The molecule has 15 nitrogen and oxygen atoms in total. The Morgan fingerprint density at radius 1 is 0.925 bits per heavy atom. The molecule has 40 heavy (non-hydrogen) atoms. The number of hydrogen-bond acceptors (Lipinski definition) is 8. The van der Waals surface area contributed by atoms with Gasteiger partial charge in [0.2, 0.25) is 29.5 Å². The number of nitrogens with zero attached hydrogens (tertiary/aromatic N) is 1. The van der Waals surface area contributed by atoms with E-state index in [0.29, 0.717) is 6.42 Å². The van der Waals surface area contributed by atoms with Crippen molar-refractivity contribution in [3.05, 3.63) is 36.0 Å². The molecule has 0 saturated heterocycles. The first-order valence-electron chi connectivity index (χ1n) is 12.4. The normalized spacial score (nSPS) is 12.9. The van der Waals surface area contributed by atoms with Gasteiger partial charge in [-0.05, 0) is 30.9 Å². The number of para-hydroxylation sites is 1. The smallest absolute Gasteiger partial charge is 0.243 e. The average molecular weight is 577 g/mol. The van der Waals surface area contributed by atoms with Gasteiger partial charge < -0.3 is 49.2 Å². The van der Waals surface area contributed by atoms with E-state index in [-0.39, 0.29) is 31.1 Å². The number of amides is 5. The number of carbonyl (C=O) groups is 5. The summed E-state index contributed by atoms with van der Waals surface area (Å²) in [6.07, 6.45) is 2.49. The lowest BCUT2D eigenvalue weighted by molar-refractivity contribution is -0.131. The Morgan fingerprint density at radius 2 is 1.55 bits per heavy atom. The van der Waals surface area contributed by atoms with Crippen LogP contribution in [-0.4, -0.2) is 84.0 Å². The highest BCUT2D eigenvalue weighted by molar-refractivity contribution is 7.80. The quantitative estimate of drug-likeness (QED) is 0.0418. The van der Waals surface area contributed by atoms with Crippen LogP contribution in [0.15, 0.2) is 35.5 Å². The number of nitrogens with one attached hydrogen (secondary N) is 5. The molecule has 5 amide bonds. The van der Waals surface area contributed by atoms with Crippen LogP contribution in [0.1, 0.15) is 18.4 Å². The van der Waals surface area contributed by atoms with Gasteiger partial charge in [0.05, 0.1) is 19.1 Å². The van der Waals surface area contributed by atoms with E-state index in [2.05, 4.69) is 43.9 Å². The first-order valence-corrected chi connectivity index (χ1v) is 13.0. The molecular weight excluding hydrogens is 540 g/mol. The number of hydrogen-bond donors (Lipinski definition) is 10. The van der Waals surface area contributed by atoms with Crippen LogP contribution >= 0.6 is 12.6 Å². The number of rotatable bonds is 16. The topological polar surface area (TPSA) is 266 Å². The summed E-state index contributed by atoms with van der Waals surface area (Å²) in [7, 11) is 0. The zero-order valence-electron chi connectivity index (χ0n) is 21.8. The molecule has 0 unspecified atom stereocenters. The van der Waals surface area contributed by atoms with E-state index in [4.69, 9.17) is 22.9 Å². The molecule has 2 aromatic rings.